The number of hydrogen-bond acceptors (Lipinski definition) is 4. The van der Waals surface area contributed by atoms with Crippen LogP contribution in [0.2, 0.25) is 4.34 Å². The second kappa shape index (κ2) is 8.26. The highest BCUT2D eigenvalue weighted by Crippen LogP contribution is 2.41. The van der Waals surface area contributed by atoms with Crippen LogP contribution in [-0.4, -0.2) is 27.4 Å². The van der Waals surface area contributed by atoms with Gasteiger partial charge in [0.15, 0.2) is 5.11 Å². The topological polar surface area (TPSA) is 57.3 Å². The molecule has 1 saturated heterocycles. The normalized spacial score (nSPS) is 18.8. The lowest BCUT2D eigenvalue weighted by molar-refractivity contribution is -0.116. The molecule has 1 aromatic carbocycles. The van der Waals surface area contributed by atoms with Gasteiger partial charge >= 0.3 is 0 Å². The van der Waals surface area contributed by atoms with Crippen molar-refractivity contribution in [2.75, 3.05) is 11.9 Å². The van der Waals surface area contributed by atoms with Crippen molar-refractivity contribution in [3.8, 4) is 0 Å². The fraction of sp³-hybridized carbons (Fsp3) is 0.150. The third kappa shape index (κ3) is 4.01. The largest absolute Gasteiger partial charge is 0.352 e. The molecule has 3 heterocycles. The van der Waals surface area contributed by atoms with Gasteiger partial charge in [-0.25, -0.2) is 0 Å². The molecule has 2 aromatic heterocycles. The molecule has 0 bridgehead atoms. The van der Waals surface area contributed by atoms with Gasteiger partial charge in [0.25, 0.3) is 0 Å². The first kappa shape index (κ1) is 18.9. The van der Waals surface area contributed by atoms with Crippen molar-refractivity contribution in [2.45, 2.75) is 12.1 Å². The fourth-order valence-electron chi connectivity index (χ4n) is 3.25. The average Bonchev–Trinajstić information content (AvgIpc) is 3.26. The molecule has 2 N–H and O–H groups in total. The zero-order valence-corrected chi connectivity index (χ0v) is 17.1. The second-order valence-electron chi connectivity index (χ2n) is 6.31. The van der Waals surface area contributed by atoms with Gasteiger partial charge < -0.3 is 15.5 Å². The molecule has 0 saturated carbocycles. The number of nitrogens with zero attached hydrogens (tertiary/aromatic N) is 2. The van der Waals surface area contributed by atoms with E-state index in [2.05, 4.69) is 15.6 Å². The Kier molecular flexibility index (Phi) is 5.57. The monoisotopic (exact) mass is 428 g/mol. The van der Waals surface area contributed by atoms with Crippen LogP contribution in [-0.2, 0) is 4.79 Å². The maximum Gasteiger partial charge on any atom is 0.244 e. The number of nitrogens with one attached hydrogen (secondary N) is 2. The number of rotatable bonds is 5. The van der Waals surface area contributed by atoms with Gasteiger partial charge in [-0.1, -0.05) is 35.9 Å². The Morgan fingerprint density at radius 1 is 1.18 bits per heavy atom. The van der Waals surface area contributed by atoms with Crippen LogP contribution in [0.4, 0.5) is 5.69 Å². The van der Waals surface area contributed by atoms with Crippen LogP contribution in [0.3, 0.4) is 0 Å². The first-order valence-corrected chi connectivity index (χ1v) is 10.3. The third-order valence-electron chi connectivity index (χ3n) is 4.45. The maximum atomic E-state index is 12.7. The van der Waals surface area contributed by atoms with Crippen molar-refractivity contribution >= 4 is 51.9 Å². The Labute approximate surface area is 177 Å². The highest BCUT2D eigenvalue weighted by Gasteiger charge is 2.41. The van der Waals surface area contributed by atoms with Gasteiger partial charge in [-0.15, -0.1) is 11.3 Å². The molecule has 1 aliphatic rings. The predicted octanol–water partition coefficient (Wildman–Crippen LogP) is 4.41. The maximum absolute atomic E-state index is 12.7. The number of para-hydroxylation sites is 1. The van der Waals surface area contributed by atoms with E-state index in [1.54, 1.807) is 6.20 Å². The van der Waals surface area contributed by atoms with Crippen LogP contribution >= 0.6 is 35.2 Å². The fourth-order valence-corrected chi connectivity index (χ4v) is 4.77. The molecule has 28 heavy (non-hydrogen) atoms. The number of aromatic nitrogens is 1. The number of benzene rings is 1. The van der Waals surface area contributed by atoms with Gasteiger partial charge in [-0.3, -0.25) is 9.78 Å². The first-order chi connectivity index (χ1) is 13.6. The van der Waals surface area contributed by atoms with Crippen molar-refractivity contribution in [1.82, 2.24) is 15.2 Å². The minimum absolute atomic E-state index is 0.129. The van der Waals surface area contributed by atoms with E-state index in [-0.39, 0.29) is 24.5 Å². The summed E-state index contributed by atoms with van der Waals surface area (Å²) in [5, 5.41) is 6.76. The van der Waals surface area contributed by atoms with Gasteiger partial charge in [0.05, 0.1) is 22.1 Å². The van der Waals surface area contributed by atoms with Crippen LogP contribution in [0.15, 0.2) is 66.9 Å². The molecular weight excluding hydrogens is 412 g/mol. The number of pyridine rings is 1. The molecule has 3 aromatic rings. The quantitative estimate of drug-likeness (QED) is 0.589. The van der Waals surface area contributed by atoms with E-state index in [9.17, 15) is 4.79 Å². The predicted molar refractivity (Wildman–Crippen MR) is 117 cm³/mol. The van der Waals surface area contributed by atoms with E-state index in [4.69, 9.17) is 23.8 Å². The minimum atomic E-state index is -0.165. The summed E-state index contributed by atoms with van der Waals surface area (Å²) >= 11 is 13.2. The van der Waals surface area contributed by atoms with Crippen LogP contribution in [0.1, 0.15) is 22.7 Å². The van der Waals surface area contributed by atoms with Crippen LogP contribution in [0.25, 0.3) is 0 Å². The zero-order chi connectivity index (χ0) is 19.5. The van der Waals surface area contributed by atoms with E-state index >= 15 is 0 Å². The molecule has 0 unspecified atom stereocenters. The molecule has 5 nitrogen and oxygen atoms in total. The van der Waals surface area contributed by atoms with Gasteiger partial charge in [0, 0.05) is 16.8 Å². The number of amides is 1. The zero-order valence-electron chi connectivity index (χ0n) is 14.7. The van der Waals surface area contributed by atoms with Gasteiger partial charge in [-0.05, 0) is 48.6 Å². The molecule has 0 radical (unpaired) electrons. The van der Waals surface area contributed by atoms with Crippen LogP contribution in [0, 0.1) is 0 Å². The van der Waals surface area contributed by atoms with E-state index < -0.39 is 0 Å². The molecule has 0 spiro atoms. The molecule has 8 heteroatoms. The summed E-state index contributed by atoms with van der Waals surface area (Å²) in [5.41, 5.74) is 1.62. The van der Waals surface area contributed by atoms with Crippen molar-refractivity contribution in [3.05, 3.63) is 81.8 Å². The lowest BCUT2D eigenvalue weighted by atomic mass is 10.0. The molecule has 1 fully saturated rings. The summed E-state index contributed by atoms with van der Waals surface area (Å²) in [4.78, 5) is 20.1. The number of anilines is 1. The summed E-state index contributed by atoms with van der Waals surface area (Å²) in [5.74, 6) is -0.135. The number of thiophene rings is 1. The minimum Gasteiger partial charge on any atom is -0.352 e. The molecule has 142 valence electrons. The van der Waals surface area contributed by atoms with Crippen molar-refractivity contribution in [1.29, 1.82) is 0 Å². The van der Waals surface area contributed by atoms with Crippen LogP contribution in [0.5, 0.6) is 0 Å². The Morgan fingerprint density at radius 3 is 2.64 bits per heavy atom. The summed E-state index contributed by atoms with van der Waals surface area (Å²) in [6, 6.07) is 18.7. The van der Waals surface area contributed by atoms with E-state index in [1.165, 1.54) is 11.3 Å². The molecule has 2 atom stereocenters. The molecule has 1 aliphatic heterocycles. The average molecular weight is 429 g/mol. The van der Waals surface area contributed by atoms with Crippen molar-refractivity contribution < 1.29 is 4.79 Å². The van der Waals surface area contributed by atoms with Crippen LogP contribution < -0.4 is 10.6 Å². The highest BCUT2D eigenvalue weighted by atomic mass is 35.5. The summed E-state index contributed by atoms with van der Waals surface area (Å²) in [6.07, 6.45) is 1.75. The van der Waals surface area contributed by atoms with E-state index in [0.717, 1.165) is 16.3 Å². The van der Waals surface area contributed by atoms with Gasteiger partial charge in [0.2, 0.25) is 5.91 Å². The number of carbonyl (C=O) groups excluding carboxylic acids is 1. The number of carbonyl (C=O) groups is 1. The van der Waals surface area contributed by atoms with Gasteiger partial charge in [-0.2, -0.15) is 0 Å². The first-order valence-electron chi connectivity index (χ1n) is 8.70. The van der Waals surface area contributed by atoms with Gasteiger partial charge in [0.1, 0.15) is 6.54 Å². The van der Waals surface area contributed by atoms with E-state index in [0.29, 0.717) is 9.45 Å². The Morgan fingerprint density at radius 2 is 1.96 bits per heavy atom. The SMILES string of the molecule is O=C(CN1C(=S)N[C@H](c2ccccn2)[C@@H]1c1ccc(Cl)s1)Nc1ccccc1. The third-order valence-corrected chi connectivity index (χ3v) is 6.11. The number of halogens is 1. The second-order valence-corrected chi connectivity index (χ2v) is 8.44. The standard InChI is InChI=1S/C20H17ClN4OS2/c21-16-10-9-15(28-16)19-18(14-8-4-5-11-22-14)24-20(27)25(19)12-17(26)23-13-6-2-1-3-7-13/h1-11,18-19H,12H2,(H,23,26)(H,24,27)/t18-,19+/m1/s1. The number of thiocarbonyl (C=S) groups is 1. The smallest absolute Gasteiger partial charge is 0.244 e. The van der Waals surface area contributed by atoms with E-state index in [1.807, 2.05) is 65.6 Å². The molecule has 4 rings (SSSR count). The Hall–Kier alpha value is -2.48. The van der Waals surface area contributed by atoms with Crippen molar-refractivity contribution in [3.63, 3.8) is 0 Å². The summed E-state index contributed by atoms with van der Waals surface area (Å²) < 4.78 is 0.696. The summed E-state index contributed by atoms with van der Waals surface area (Å²) in [6.45, 7) is 0.129. The highest BCUT2D eigenvalue weighted by molar-refractivity contribution is 7.80. The summed E-state index contributed by atoms with van der Waals surface area (Å²) in [7, 11) is 0. The molecule has 1 amide bonds. The Bertz CT molecular complexity index is 980. The lowest BCUT2D eigenvalue weighted by Crippen LogP contribution is -2.36. The lowest BCUT2D eigenvalue weighted by Gasteiger charge is -2.26. The van der Waals surface area contributed by atoms with Crippen molar-refractivity contribution in [2.24, 2.45) is 0 Å². The molecule has 0 aliphatic carbocycles. The Balaban J connectivity index is 1.61. The number of hydrogen-bond donors (Lipinski definition) is 2. The molecular formula is C20H17ClN4OS2.